The number of ether oxygens (including phenoxy) is 2. The van der Waals surface area contributed by atoms with Crippen LogP contribution in [0.2, 0.25) is 0 Å². The fourth-order valence-electron chi connectivity index (χ4n) is 2.54. The first-order valence-electron chi connectivity index (χ1n) is 7.13. The molecule has 2 aromatic rings. The Morgan fingerprint density at radius 3 is 2.58 bits per heavy atom. The van der Waals surface area contributed by atoms with Gasteiger partial charge < -0.3 is 20.1 Å². The lowest BCUT2D eigenvalue weighted by Gasteiger charge is -2.14. The molecule has 2 heterocycles. The predicted molar refractivity (Wildman–Crippen MR) is 96.4 cm³/mol. The third kappa shape index (κ3) is 3.50. The Labute approximate surface area is 154 Å². The maximum atomic E-state index is 12.5. The first-order chi connectivity index (χ1) is 11.1. The molecular weight excluding hydrogens is 400 g/mol. The largest absolute Gasteiger partial charge is 0.495 e. The number of aromatic amines is 1. The number of aromatic nitrogens is 2. The van der Waals surface area contributed by atoms with Gasteiger partial charge in [-0.25, -0.2) is 0 Å². The molecule has 24 heavy (non-hydrogen) atoms. The summed E-state index contributed by atoms with van der Waals surface area (Å²) in [5.41, 5.74) is 2.92. The molecule has 9 heteroatoms. The number of carbonyl (C=O) groups excluding carboxylic acids is 1. The topological polar surface area (TPSA) is 88.3 Å². The van der Waals surface area contributed by atoms with Crippen molar-refractivity contribution in [2.24, 2.45) is 0 Å². The molecular formula is C15H18BrClN4O3. The van der Waals surface area contributed by atoms with E-state index in [0.29, 0.717) is 33.9 Å². The number of halogens is 2. The van der Waals surface area contributed by atoms with E-state index in [4.69, 9.17) is 9.47 Å². The molecule has 3 rings (SSSR count). The highest BCUT2D eigenvalue weighted by molar-refractivity contribution is 9.10. The minimum Gasteiger partial charge on any atom is -0.495 e. The smallest absolute Gasteiger partial charge is 0.276 e. The van der Waals surface area contributed by atoms with Crippen LogP contribution in [0.5, 0.6) is 11.5 Å². The van der Waals surface area contributed by atoms with Crippen molar-refractivity contribution in [3.05, 3.63) is 33.6 Å². The molecule has 0 radical (unpaired) electrons. The molecule has 0 aliphatic carbocycles. The number of nitrogens with one attached hydrogen (secondary N) is 3. The summed E-state index contributed by atoms with van der Waals surface area (Å²) in [6.45, 7) is 1.53. The molecule has 0 saturated heterocycles. The van der Waals surface area contributed by atoms with E-state index in [9.17, 15) is 4.79 Å². The molecule has 0 saturated carbocycles. The lowest BCUT2D eigenvalue weighted by molar-refractivity contribution is 0.102. The summed E-state index contributed by atoms with van der Waals surface area (Å²) in [5.74, 6) is 0.883. The van der Waals surface area contributed by atoms with Gasteiger partial charge in [-0.15, -0.1) is 12.4 Å². The number of amides is 1. The van der Waals surface area contributed by atoms with E-state index < -0.39 is 0 Å². The van der Waals surface area contributed by atoms with Crippen molar-refractivity contribution in [3.63, 3.8) is 0 Å². The van der Waals surface area contributed by atoms with Crippen LogP contribution in [-0.2, 0) is 13.0 Å². The minimum atomic E-state index is -0.266. The number of H-pyrrole nitrogens is 1. The number of anilines is 1. The van der Waals surface area contributed by atoms with Gasteiger partial charge in [0.25, 0.3) is 5.91 Å². The first-order valence-corrected chi connectivity index (χ1v) is 7.93. The Hall–Kier alpha value is -1.77. The first kappa shape index (κ1) is 18.6. The summed E-state index contributed by atoms with van der Waals surface area (Å²) >= 11 is 3.40. The summed E-state index contributed by atoms with van der Waals surface area (Å²) in [6.07, 6.45) is 0.843. The van der Waals surface area contributed by atoms with Gasteiger partial charge in [0.2, 0.25) is 0 Å². The normalized spacial score (nSPS) is 12.8. The average Bonchev–Trinajstić information content (AvgIpc) is 3.00. The van der Waals surface area contributed by atoms with Crippen LogP contribution in [0.25, 0.3) is 0 Å². The molecule has 7 nitrogen and oxygen atoms in total. The third-order valence-electron chi connectivity index (χ3n) is 3.72. The van der Waals surface area contributed by atoms with Crippen LogP contribution in [-0.4, -0.2) is 36.9 Å². The number of methoxy groups -OCH3 is 2. The van der Waals surface area contributed by atoms with Crippen LogP contribution in [0.3, 0.4) is 0 Å². The van der Waals surface area contributed by atoms with Crippen molar-refractivity contribution in [2.45, 2.75) is 13.0 Å². The highest BCUT2D eigenvalue weighted by Gasteiger charge is 2.22. The van der Waals surface area contributed by atoms with Gasteiger partial charge in [-0.05, 0) is 15.9 Å². The van der Waals surface area contributed by atoms with E-state index in [-0.39, 0.29) is 18.3 Å². The van der Waals surface area contributed by atoms with Gasteiger partial charge in [0.05, 0.1) is 14.2 Å². The van der Waals surface area contributed by atoms with Gasteiger partial charge in [0, 0.05) is 48.6 Å². The summed E-state index contributed by atoms with van der Waals surface area (Å²) in [5, 5.41) is 13.2. The Morgan fingerprint density at radius 1 is 1.29 bits per heavy atom. The number of hydrogen-bond donors (Lipinski definition) is 3. The second-order valence-corrected chi connectivity index (χ2v) is 5.90. The SMILES string of the molecule is COc1cc(NC(=O)c2n[nH]c3c2CNCC3)cc(OC)c1Br.Cl. The van der Waals surface area contributed by atoms with Crippen molar-refractivity contribution >= 4 is 39.9 Å². The van der Waals surface area contributed by atoms with Crippen LogP contribution in [0.1, 0.15) is 21.7 Å². The lowest BCUT2D eigenvalue weighted by atomic mass is 10.1. The number of hydrogen-bond acceptors (Lipinski definition) is 5. The van der Waals surface area contributed by atoms with Crippen molar-refractivity contribution in [1.82, 2.24) is 15.5 Å². The van der Waals surface area contributed by atoms with Gasteiger partial charge in [-0.2, -0.15) is 5.10 Å². The number of benzene rings is 1. The average molecular weight is 418 g/mol. The van der Waals surface area contributed by atoms with Crippen LogP contribution >= 0.6 is 28.3 Å². The number of fused-ring (bicyclic) bond motifs is 1. The monoisotopic (exact) mass is 416 g/mol. The summed E-state index contributed by atoms with van der Waals surface area (Å²) in [4.78, 5) is 12.5. The highest BCUT2D eigenvalue weighted by Crippen LogP contribution is 2.37. The van der Waals surface area contributed by atoms with Gasteiger partial charge >= 0.3 is 0 Å². The Bertz CT molecular complexity index is 725. The van der Waals surface area contributed by atoms with Crippen LogP contribution in [0.15, 0.2) is 16.6 Å². The molecule has 1 aromatic heterocycles. The number of nitrogens with zero attached hydrogens (tertiary/aromatic N) is 1. The van der Waals surface area contributed by atoms with Gasteiger partial charge in [0.15, 0.2) is 5.69 Å². The van der Waals surface area contributed by atoms with Crippen LogP contribution < -0.4 is 20.1 Å². The lowest BCUT2D eigenvalue weighted by Crippen LogP contribution is -2.25. The summed E-state index contributed by atoms with van der Waals surface area (Å²) < 4.78 is 11.3. The second kappa shape index (κ2) is 7.87. The Morgan fingerprint density at radius 2 is 1.96 bits per heavy atom. The summed E-state index contributed by atoms with van der Waals surface area (Å²) in [6, 6.07) is 3.45. The van der Waals surface area contributed by atoms with Crippen LogP contribution in [0, 0.1) is 0 Å². The molecule has 0 fully saturated rings. The van der Waals surface area contributed by atoms with Crippen LogP contribution in [0.4, 0.5) is 5.69 Å². The van der Waals surface area contributed by atoms with E-state index in [1.165, 1.54) is 0 Å². The van der Waals surface area contributed by atoms with Crippen molar-refractivity contribution < 1.29 is 14.3 Å². The zero-order chi connectivity index (χ0) is 16.4. The standard InChI is InChI=1S/C15H17BrN4O3.ClH/c1-22-11-5-8(6-12(23-2)13(11)16)18-15(21)14-9-7-17-4-3-10(9)19-20-14;/h5-6,17H,3-4,7H2,1-2H3,(H,18,21)(H,19,20);1H. The molecule has 1 aliphatic rings. The zero-order valence-corrected chi connectivity index (χ0v) is 15.6. The van der Waals surface area contributed by atoms with Gasteiger partial charge in [-0.1, -0.05) is 0 Å². The molecule has 0 spiro atoms. The fraction of sp³-hybridized carbons (Fsp3) is 0.333. The van der Waals surface area contributed by atoms with Crippen molar-refractivity contribution in [2.75, 3.05) is 26.1 Å². The van der Waals surface area contributed by atoms with E-state index in [1.807, 2.05) is 0 Å². The molecule has 3 N–H and O–H groups in total. The molecule has 0 bridgehead atoms. The predicted octanol–water partition coefficient (Wildman–Crippen LogP) is 2.51. The number of carbonyl (C=O) groups is 1. The molecule has 0 atom stereocenters. The maximum Gasteiger partial charge on any atom is 0.276 e. The van der Waals surface area contributed by atoms with E-state index in [0.717, 1.165) is 24.2 Å². The van der Waals surface area contributed by atoms with E-state index in [2.05, 4.69) is 36.8 Å². The molecule has 0 unspecified atom stereocenters. The third-order valence-corrected chi connectivity index (χ3v) is 4.51. The zero-order valence-electron chi connectivity index (χ0n) is 13.2. The molecule has 1 aliphatic heterocycles. The molecule has 130 valence electrons. The molecule has 1 aromatic carbocycles. The van der Waals surface area contributed by atoms with Gasteiger partial charge in [0.1, 0.15) is 16.0 Å². The Kier molecular flexibility index (Phi) is 6.09. The summed E-state index contributed by atoms with van der Waals surface area (Å²) in [7, 11) is 3.11. The van der Waals surface area contributed by atoms with Crippen molar-refractivity contribution in [3.8, 4) is 11.5 Å². The Balaban J connectivity index is 0.00000208. The van der Waals surface area contributed by atoms with E-state index >= 15 is 0 Å². The number of rotatable bonds is 4. The van der Waals surface area contributed by atoms with E-state index in [1.54, 1.807) is 26.4 Å². The highest BCUT2D eigenvalue weighted by atomic mass is 79.9. The minimum absolute atomic E-state index is 0. The quantitative estimate of drug-likeness (QED) is 0.711. The maximum absolute atomic E-state index is 12.5. The molecule has 1 amide bonds. The second-order valence-electron chi connectivity index (χ2n) is 5.10. The van der Waals surface area contributed by atoms with Gasteiger partial charge in [-0.3, -0.25) is 9.89 Å². The van der Waals surface area contributed by atoms with Crippen molar-refractivity contribution in [1.29, 1.82) is 0 Å². The fourth-order valence-corrected chi connectivity index (χ4v) is 3.10.